The van der Waals surface area contributed by atoms with Crippen molar-refractivity contribution in [3.8, 4) is 5.75 Å². The molecule has 0 heterocycles. The Morgan fingerprint density at radius 3 is 2.19 bits per heavy atom. The number of ketones is 1. The molecule has 256 valence electrons. The van der Waals surface area contributed by atoms with Gasteiger partial charge in [0.2, 0.25) is 5.91 Å². The quantitative estimate of drug-likeness (QED) is 0.112. The van der Waals surface area contributed by atoms with Gasteiger partial charge in [0.1, 0.15) is 5.75 Å². The highest BCUT2D eigenvalue weighted by atomic mass is 16.3. The molecule has 0 bridgehead atoms. The van der Waals surface area contributed by atoms with Crippen LogP contribution in [0.5, 0.6) is 5.75 Å². The average molecular weight is 645 g/mol. The van der Waals surface area contributed by atoms with Crippen LogP contribution in [0.25, 0.3) is 0 Å². The molecule has 0 unspecified atom stereocenters. The molecule has 7 heteroatoms. The lowest BCUT2D eigenvalue weighted by molar-refractivity contribution is -0.120. The number of carbonyl (C=O) groups excluding carboxylic acids is 3. The molecule has 3 aliphatic carbocycles. The number of unbranched alkanes of at least 4 members (excludes halogenated alkanes) is 8. The Kier molecular flexibility index (Phi) is 12.2. The Bertz CT molecular complexity index is 1370. The topological polar surface area (TPSA) is 116 Å². The van der Waals surface area contributed by atoms with Crippen LogP contribution < -0.4 is 10.6 Å². The zero-order valence-electron chi connectivity index (χ0n) is 28.6. The monoisotopic (exact) mass is 644 g/mol. The number of carbonyl (C=O) groups is 3. The molecule has 2 fully saturated rings. The summed E-state index contributed by atoms with van der Waals surface area (Å²) in [5, 5.41) is 26.6. The van der Waals surface area contributed by atoms with Crippen molar-refractivity contribution < 1.29 is 24.6 Å². The van der Waals surface area contributed by atoms with Gasteiger partial charge in [-0.2, -0.15) is 0 Å². The van der Waals surface area contributed by atoms with Crippen molar-refractivity contribution in [3.63, 3.8) is 0 Å². The molecule has 4 N–H and O–H groups in total. The van der Waals surface area contributed by atoms with Crippen LogP contribution in [0, 0.1) is 23.2 Å². The second-order valence-electron chi connectivity index (χ2n) is 14.9. The molecule has 2 aromatic rings. The fraction of sp³-hybridized carbons (Fsp3) is 0.625. The maximum Gasteiger partial charge on any atom is 0.251 e. The summed E-state index contributed by atoms with van der Waals surface area (Å²) < 4.78 is 0. The van der Waals surface area contributed by atoms with E-state index in [-0.39, 0.29) is 35.7 Å². The minimum atomic E-state index is -0.327. The van der Waals surface area contributed by atoms with Crippen LogP contribution in [-0.4, -0.2) is 47.0 Å². The number of aliphatic hydroxyl groups excluding tert-OH is 1. The van der Waals surface area contributed by atoms with Gasteiger partial charge < -0.3 is 20.8 Å². The minimum Gasteiger partial charge on any atom is -0.508 e. The molecule has 2 saturated carbocycles. The molecule has 3 aliphatic rings. The molecule has 5 rings (SSSR count). The van der Waals surface area contributed by atoms with Crippen molar-refractivity contribution >= 4 is 17.6 Å². The summed E-state index contributed by atoms with van der Waals surface area (Å²) in [6.45, 7) is 4.40. The van der Waals surface area contributed by atoms with E-state index in [2.05, 4.69) is 23.6 Å². The number of fused-ring (bicyclic) bond motifs is 5. The molecule has 0 spiro atoms. The van der Waals surface area contributed by atoms with Crippen LogP contribution in [0.1, 0.15) is 141 Å². The van der Waals surface area contributed by atoms with Gasteiger partial charge in [-0.1, -0.05) is 76.5 Å². The summed E-state index contributed by atoms with van der Waals surface area (Å²) in [5.41, 5.74) is 3.88. The number of benzene rings is 2. The zero-order valence-corrected chi connectivity index (χ0v) is 28.6. The molecule has 0 saturated heterocycles. The van der Waals surface area contributed by atoms with E-state index in [0.717, 1.165) is 44.9 Å². The SMILES string of the molecule is CC(=O)c1ccc(C(=O)NCC(=O)NCCCCCCCCCCC[C@@H]2Cc3cc(O)ccc3[C@H]3CC[C@]4(C)[C@@H](O)CC[C@H]4[C@H]23)cc1. The lowest BCUT2D eigenvalue weighted by atomic mass is 9.52. The van der Waals surface area contributed by atoms with E-state index >= 15 is 0 Å². The molecule has 2 amide bonds. The van der Waals surface area contributed by atoms with E-state index < -0.39 is 0 Å². The van der Waals surface area contributed by atoms with Crippen molar-refractivity contribution in [1.29, 1.82) is 0 Å². The van der Waals surface area contributed by atoms with Crippen molar-refractivity contribution in [2.24, 2.45) is 23.2 Å². The molecule has 0 aliphatic heterocycles. The summed E-state index contributed by atoms with van der Waals surface area (Å²) in [4.78, 5) is 35.7. The van der Waals surface area contributed by atoms with Crippen LogP contribution in [0.15, 0.2) is 42.5 Å². The molecule has 7 nitrogen and oxygen atoms in total. The maximum atomic E-state index is 12.2. The summed E-state index contributed by atoms with van der Waals surface area (Å²) in [7, 11) is 0. The molecular weight excluding hydrogens is 588 g/mol. The first-order valence-corrected chi connectivity index (χ1v) is 18.3. The number of phenolic OH excluding ortho intramolecular Hbond substituents is 1. The largest absolute Gasteiger partial charge is 0.508 e. The Morgan fingerprint density at radius 2 is 1.49 bits per heavy atom. The number of phenols is 1. The molecular formula is C40H56N2O5. The number of hydrogen-bond acceptors (Lipinski definition) is 5. The number of hydrogen-bond donors (Lipinski definition) is 4. The van der Waals surface area contributed by atoms with E-state index in [0.29, 0.717) is 47.1 Å². The summed E-state index contributed by atoms with van der Waals surface area (Å²) in [6.07, 6.45) is 17.3. The maximum absolute atomic E-state index is 12.2. The number of Topliss-reactive ketones (excluding diaryl/α,β-unsaturated/α-hetero) is 1. The van der Waals surface area contributed by atoms with E-state index in [1.807, 2.05) is 12.1 Å². The molecule has 2 aromatic carbocycles. The van der Waals surface area contributed by atoms with E-state index in [1.165, 1.54) is 69.4 Å². The van der Waals surface area contributed by atoms with E-state index in [9.17, 15) is 24.6 Å². The van der Waals surface area contributed by atoms with Gasteiger partial charge in [0.15, 0.2) is 5.78 Å². The number of amides is 2. The third-order valence-electron chi connectivity index (χ3n) is 11.9. The second-order valence-corrected chi connectivity index (χ2v) is 14.9. The average Bonchev–Trinajstić information content (AvgIpc) is 3.37. The van der Waals surface area contributed by atoms with Crippen LogP contribution in [0.4, 0.5) is 0 Å². The highest BCUT2D eigenvalue weighted by Crippen LogP contribution is 2.62. The van der Waals surface area contributed by atoms with Gasteiger partial charge in [-0.3, -0.25) is 14.4 Å². The zero-order chi connectivity index (χ0) is 33.4. The number of nitrogens with one attached hydrogen (secondary N) is 2. The van der Waals surface area contributed by atoms with Crippen LogP contribution in [0.2, 0.25) is 0 Å². The molecule has 0 radical (unpaired) electrons. The minimum absolute atomic E-state index is 0.0514. The van der Waals surface area contributed by atoms with Crippen molar-refractivity contribution in [2.45, 2.75) is 122 Å². The highest BCUT2D eigenvalue weighted by Gasteiger charge is 2.56. The normalized spacial score (nSPS) is 26.1. The molecule has 6 atom stereocenters. The van der Waals surface area contributed by atoms with Gasteiger partial charge in [0, 0.05) is 17.7 Å². The second kappa shape index (κ2) is 16.3. The Balaban J connectivity index is 0.920. The summed E-state index contributed by atoms with van der Waals surface area (Å²) in [6, 6.07) is 12.5. The predicted octanol–water partition coefficient (Wildman–Crippen LogP) is 7.49. The fourth-order valence-corrected chi connectivity index (χ4v) is 9.21. The van der Waals surface area contributed by atoms with Gasteiger partial charge in [0.05, 0.1) is 12.6 Å². The Hall–Kier alpha value is -3.19. The summed E-state index contributed by atoms with van der Waals surface area (Å²) >= 11 is 0. The fourth-order valence-electron chi connectivity index (χ4n) is 9.21. The summed E-state index contributed by atoms with van der Waals surface area (Å²) in [5.74, 6) is 2.31. The first-order valence-electron chi connectivity index (χ1n) is 18.3. The Morgan fingerprint density at radius 1 is 0.830 bits per heavy atom. The third-order valence-corrected chi connectivity index (χ3v) is 11.9. The number of aliphatic hydroxyl groups is 1. The van der Waals surface area contributed by atoms with Gasteiger partial charge in [-0.15, -0.1) is 0 Å². The van der Waals surface area contributed by atoms with Gasteiger partial charge in [-0.25, -0.2) is 0 Å². The number of aromatic hydroxyl groups is 1. The molecule has 0 aromatic heterocycles. The van der Waals surface area contributed by atoms with Gasteiger partial charge in [-0.05, 0) is 116 Å². The van der Waals surface area contributed by atoms with E-state index in [1.54, 1.807) is 24.3 Å². The van der Waals surface area contributed by atoms with Crippen LogP contribution in [0.3, 0.4) is 0 Å². The lowest BCUT2D eigenvalue weighted by Crippen LogP contribution is -2.47. The van der Waals surface area contributed by atoms with Gasteiger partial charge >= 0.3 is 0 Å². The van der Waals surface area contributed by atoms with Crippen LogP contribution in [-0.2, 0) is 11.2 Å². The molecule has 47 heavy (non-hydrogen) atoms. The van der Waals surface area contributed by atoms with Crippen molar-refractivity contribution in [1.82, 2.24) is 10.6 Å². The predicted molar refractivity (Wildman–Crippen MR) is 186 cm³/mol. The van der Waals surface area contributed by atoms with Gasteiger partial charge in [0.25, 0.3) is 5.91 Å². The van der Waals surface area contributed by atoms with Crippen LogP contribution >= 0.6 is 0 Å². The first kappa shape index (κ1) is 35.1. The highest BCUT2D eigenvalue weighted by molar-refractivity contribution is 5.98. The van der Waals surface area contributed by atoms with Crippen molar-refractivity contribution in [2.75, 3.05) is 13.1 Å². The number of rotatable bonds is 16. The smallest absolute Gasteiger partial charge is 0.251 e. The lowest BCUT2D eigenvalue weighted by Gasteiger charge is -2.53. The van der Waals surface area contributed by atoms with E-state index in [4.69, 9.17) is 0 Å². The first-order chi connectivity index (χ1) is 22.7. The third kappa shape index (κ3) is 8.65. The Labute approximate surface area is 281 Å². The van der Waals surface area contributed by atoms with Crippen molar-refractivity contribution in [3.05, 3.63) is 64.7 Å². The standard InChI is InChI=1S/C40H56N2O5/c1-27(43)28-13-15-29(16-14-28)39(47)42-26-37(46)41-23-11-9-7-5-3-4-6-8-10-12-30-24-31-25-32(44)17-18-33(31)34-21-22-40(2)35(38(30)34)19-20-36(40)45/h13-18,25,30,34-36,38,44-45H,3-12,19-24,26H2,1-2H3,(H,41,46)(H,42,47)/t30-,34-,35+,36+,38-,40+/m1/s1.